The number of ether oxygens (including phenoxy) is 3. The fraction of sp³-hybridized carbons (Fsp3) is 0.900. The minimum absolute atomic E-state index is 0.0410. The second kappa shape index (κ2) is 17.7. The van der Waals surface area contributed by atoms with Crippen LogP contribution in [0.3, 0.4) is 0 Å². The van der Waals surface area contributed by atoms with Crippen LogP contribution in [0.15, 0.2) is 0 Å². The first kappa shape index (κ1) is 23.9. The van der Waals surface area contributed by atoms with E-state index in [0.717, 1.165) is 44.9 Å². The molecular weight excluding hydrogens is 320 g/mol. The molecule has 25 heavy (non-hydrogen) atoms. The van der Waals surface area contributed by atoms with Crippen molar-refractivity contribution in [2.24, 2.45) is 0 Å². The first-order valence-electron chi connectivity index (χ1n) is 10.1. The summed E-state index contributed by atoms with van der Waals surface area (Å²) in [6.45, 7) is 6.41. The summed E-state index contributed by atoms with van der Waals surface area (Å²) < 4.78 is 15.6. The van der Waals surface area contributed by atoms with E-state index in [0.29, 0.717) is 6.61 Å². The quantitative estimate of drug-likeness (QED) is 0.276. The molecule has 0 fully saturated rings. The van der Waals surface area contributed by atoms with E-state index in [9.17, 15) is 9.59 Å². The van der Waals surface area contributed by atoms with Crippen LogP contribution < -0.4 is 0 Å². The van der Waals surface area contributed by atoms with Gasteiger partial charge in [0.2, 0.25) is 0 Å². The maximum atomic E-state index is 11.8. The maximum absolute atomic E-state index is 11.8. The van der Waals surface area contributed by atoms with Crippen LogP contribution >= 0.6 is 0 Å². The molecule has 1 atom stereocenters. The van der Waals surface area contributed by atoms with E-state index in [-0.39, 0.29) is 19.3 Å². The molecule has 0 aromatic carbocycles. The van der Waals surface area contributed by atoms with E-state index >= 15 is 0 Å². The molecule has 5 nitrogen and oxygen atoms in total. The van der Waals surface area contributed by atoms with Crippen molar-refractivity contribution in [3.63, 3.8) is 0 Å². The van der Waals surface area contributed by atoms with Gasteiger partial charge < -0.3 is 14.2 Å². The van der Waals surface area contributed by atoms with Crippen molar-refractivity contribution in [1.82, 2.24) is 0 Å². The second-order valence-corrected chi connectivity index (χ2v) is 6.52. The van der Waals surface area contributed by atoms with Gasteiger partial charge in [-0.25, -0.2) is 9.59 Å². The largest absolute Gasteiger partial charge is 0.464 e. The van der Waals surface area contributed by atoms with Crippen molar-refractivity contribution in [3.8, 4) is 0 Å². The highest BCUT2D eigenvalue weighted by Crippen LogP contribution is 2.11. The molecule has 0 aromatic rings. The van der Waals surface area contributed by atoms with Crippen LogP contribution in [-0.4, -0.2) is 37.9 Å². The zero-order valence-corrected chi connectivity index (χ0v) is 16.5. The molecular formula is C20H38O5. The van der Waals surface area contributed by atoms with E-state index in [2.05, 4.69) is 20.8 Å². The fourth-order valence-electron chi connectivity index (χ4n) is 2.56. The van der Waals surface area contributed by atoms with Crippen LogP contribution in [0.2, 0.25) is 0 Å². The van der Waals surface area contributed by atoms with Crippen molar-refractivity contribution in [2.45, 2.75) is 97.5 Å². The fourth-order valence-corrected chi connectivity index (χ4v) is 2.56. The van der Waals surface area contributed by atoms with E-state index in [4.69, 9.17) is 14.2 Å². The minimum atomic E-state index is -0.419. The number of esters is 2. The van der Waals surface area contributed by atoms with Gasteiger partial charge in [-0.2, -0.15) is 0 Å². The molecule has 1 unspecified atom stereocenters. The molecule has 0 bridgehead atoms. The summed E-state index contributed by atoms with van der Waals surface area (Å²) in [5, 5.41) is 0. The Labute approximate surface area is 153 Å². The van der Waals surface area contributed by atoms with Gasteiger partial charge in [0.05, 0.1) is 6.61 Å². The van der Waals surface area contributed by atoms with Gasteiger partial charge in [0.1, 0.15) is 19.3 Å². The normalized spacial score (nSPS) is 12.0. The molecule has 0 aliphatic rings. The SMILES string of the molecule is CCCCCCCCOC(=O)COCC(=O)OC(CCC)CCCC. The van der Waals surface area contributed by atoms with Gasteiger partial charge >= 0.3 is 11.9 Å². The predicted octanol–water partition coefficient (Wildman–Crippen LogP) is 4.81. The van der Waals surface area contributed by atoms with Crippen LogP contribution in [0.4, 0.5) is 0 Å². The first-order chi connectivity index (χ1) is 12.1. The summed E-state index contributed by atoms with van der Waals surface area (Å²) in [6.07, 6.45) is 11.7. The Morgan fingerprint density at radius 3 is 2.04 bits per heavy atom. The van der Waals surface area contributed by atoms with Gasteiger partial charge in [0, 0.05) is 0 Å². The highest BCUT2D eigenvalue weighted by atomic mass is 16.6. The Balaban J connectivity index is 3.65. The van der Waals surface area contributed by atoms with Crippen molar-refractivity contribution >= 4 is 11.9 Å². The number of hydrogen-bond donors (Lipinski definition) is 0. The van der Waals surface area contributed by atoms with Gasteiger partial charge in [-0.1, -0.05) is 72.1 Å². The Hall–Kier alpha value is -1.10. The summed E-state index contributed by atoms with van der Waals surface area (Å²) in [4.78, 5) is 23.3. The van der Waals surface area contributed by atoms with Crippen LogP contribution in [0.5, 0.6) is 0 Å². The van der Waals surface area contributed by atoms with E-state index in [1.807, 2.05) is 0 Å². The molecule has 0 heterocycles. The third-order valence-corrected chi connectivity index (χ3v) is 3.99. The number of unbranched alkanes of at least 4 members (excludes halogenated alkanes) is 6. The Kier molecular flexibility index (Phi) is 16.9. The Morgan fingerprint density at radius 1 is 0.720 bits per heavy atom. The monoisotopic (exact) mass is 358 g/mol. The summed E-state index contributed by atoms with van der Waals surface area (Å²) in [7, 11) is 0. The zero-order valence-electron chi connectivity index (χ0n) is 16.5. The lowest BCUT2D eigenvalue weighted by molar-refractivity contribution is -0.159. The molecule has 0 aliphatic heterocycles. The molecule has 0 spiro atoms. The molecule has 0 N–H and O–H groups in total. The first-order valence-corrected chi connectivity index (χ1v) is 10.1. The zero-order chi connectivity index (χ0) is 18.8. The molecule has 0 saturated carbocycles. The standard InChI is InChI=1S/C20H38O5/c1-4-7-9-10-11-12-15-24-19(21)16-23-17-20(22)25-18(13-6-3)14-8-5-2/h18H,4-17H2,1-3H3. The number of carbonyl (C=O) groups is 2. The smallest absolute Gasteiger partial charge is 0.332 e. The van der Waals surface area contributed by atoms with Crippen molar-refractivity contribution in [1.29, 1.82) is 0 Å². The Morgan fingerprint density at radius 2 is 1.36 bits per heavy atom. The van der Waals surface area contributed by atoms with Crippen molar-refractivity contribution in [3.05, 3.63) is 0 Å². The van der Waals surface area contributed by atoms with E-state index in [1.165, 1.54) is 25.7 Å². The topological polar surface area (TPSA) is 61.8 Å². The van der Waals surface area contributed by atoms with E-state index < -0.39 is 11.9 Å². The Bertz CT molecular complexity index is 330. The molecule has 0 amide bonds. The predicted molar refractivity (Wildman–Crippen MR) is 99.5 cm³/mol. The summed E-state index contributed by atoms with van der Waals surface area (Å²) >= 11 is 0. The molecule has 0 saturated heterocycles. The van der Waals surface area contributed by atoms with Crippen LogP contribution in [-0.2, 0) is 23.8 Å². The third-order valence-electron chi connectivity index (χ3n) is 3.99. The van der Waals surface area contributed by atoms with Crippen LogP contribution in [0.1, 0.15) is 91.4 Å². The number of hydrogen-bond acceptors (Lipinski definition) is 5. The molecule has 5 heteroatoms. The van der Waals surface area contributed by atoms with Crippen molar-refractivity contribution < 1.29 is 23.8 Å². The second-order valence-electron chi connectivity index (χ2n) is 6.52. The molecule has 0 radical (unpaired) electrons. The van der Waals surface area contributed by atoms with Gasteiger partial charge in [-0.15, -0.1) is 0 Å². The highest BCUT2D eigenvalue weighted by Gasteiger charge is 2.14. The lowest BCUT2D eigenvalue weighted by Crippen LogP contribution is -2.23. The minimum Gasteiger partial charge on any atom is -0.464 e. The van der Waals surface area contributed by atoms with Gasteiger partial charge in [0.15, 0.2) is 0 Å². The summed E-state index contributed by atoms with van der Waals surface area (Å²) in [5.74, 6) is -0.823. The average Bonchev–Trinajstić information content (AvgIpc) is 2.59. The number of rotatable bonds is 17. The molecule has 0 rings (SSSR count). The molecule has 0 aromatic heterocycles. The molecule has 0 aliphatic carbocycles. The lowest BCUT2D eigenvalue weighted by Gasteiger charge is -2.16. The summed E-state index contributed by atoms with van der Waals surface area (Å²) in [6, 6.07) is 0. The van der Waals surface area contributed by atoms with Gasteiger partial charge in [-0.3, -0.25) is 0 Å². The molecule has 148 valence electrons. The van der Waals surface area contributed by atoms with Crippen molar-refractivity contribution in [2.75, 3.05) is 19.8 Å². The van der Waals surface area contributed by atoms with Gasteiger partial charge in [-0.05, 0) is 19.3 Å². The lowest BCUT2D eigenvalue weighted by atomic mass is 10.1. The van der Waals surface area contributed by atoms with Crippen LogP contribution in [0, 0.1) is 0 Å². The third kappa shape index (κ3) is 16.1. The highest BCUT2D eigenvalue weighted by molar-refractivity contribution is 5.73. The number of carbonyl (C=O) groups excluding carboxylic acids is 2. The summed E-state index contributed by atoms with van der Waals surface area (Å²) in [5.41, 5.74) is 0. The maximum Gasteiger partial charge on any atom is 0.332 e. The average molecular weight is 359 g/mol. The van der Waals surface area contributed by atoms with E-state index in [1.54, 1.807) is 0 Å². The van der Waals surface area contributed by atoms with Gasteiger partial charge in [0.25, 0.3) is 0 Å². The van der Waals surface area contributed by atoms with Crippen LogP contribution in [0.25, 0.3) is 0 Å².